The molecule has 3 heterocycles. The van der Waals surface area contributed by atoms with Crippen LogP contribution in [-0.4, -0.2) is 28.7 Å². The molecule has 1 atom stereocenters. The lowest BCUT2D eigenvalue weighted by Gasteiger charge is -2.20. The second-order valence-corrected chi connectivity index (χ2v) is 8.02. The standard InChI is InChI=1S/C14H15Br3N4.ClH/c15-9-8-2-1-5-21-13(8)12(11(17)10(9)16)20-14(21)19-7-3-4-18-6-7;/h7,18H,1-6H2,(H,19,20);1H/t7-;/m1./s1. The minimum atomic E-state index is 0. The largest absolute Gasteiger partial charge is 0.352 e. The lowest BCUT2D eigenvalue weighted by atomic mass is 10.0. The van der Waals surface area contributed by atoms with Gasteiger partial charge in [-0.2, -0.15) is 0 Å². The summed E-state index contributed by atoms with van der Waals surface area (Å²) >= 11 is 11.1. The molecule has 0 amide bonds. The van der Waals surface area contributed by atoms with Gasteiger partial charge in [0, 0.05) is 28.1 Å². The van der Waals surface area contributed by atoms with E-state index in [1.807, 2.05) is 0 Å². The summed E-state index contributed by atoms with van der Waals surface area (Å²) in [5.41, 5.74) is 3.67. The number of hydrogen-bond donors (Lipinski definition) is 2. The van der Waals surface area contributed by atoms with Gasteiger partial charge in [0.05, 0.1) is 9.99 Å². The molecular formula is C14H16Br3ClN4. The number of halogens is 4. The topological polar surface area (TPSA) is 41.9 Å². The number of aromatic nitrogens is 2. The molecule has 1 saturated heterocycles. The molecule has 120 valence electrons. The zero-order valence-corrected chi connectivity index (χ0v) is 17.3. The molecule has 2 aromatic rings. The van der Waals surface area contributed by atoms with Crippen molar-refractivity contribution >= 4 is 77.2 Å². The van der Waals surface area contributed by atoms with Crippen LogP contribution >= 0.6 is 60.2 Å². The normalized spacial score (nSPS) is 20.2. The Labute approximate surface area is 160 Å². The van der Waals surface area contributed by atoms with Gasteiger partial charge >= 0.3 is 0 Å². The molecule has 0 bridgehead atoms. The van der Waals surface area contributed by atoms with Crippen LogP contribution in [0.5, 0.6) is 0 Å². The number of hydrogen-bond acceptors (Lipinski definition) is 3. The van der Waals surface area contributed by atoms with Crippen molar-refractivity contribution in [3.8, 4) is 0 Å². The molecule has 8 heteroatoms. The number of aryl methyl sites for hydroxylation is 2. The third-order valence-electron chi connectivity index (χ3n) is 4.31. The Morgan fingerprint density at radius 2 is 2.00 bits per heavy atom. The maximum absolute atomic E-state index is 4.88. The van der Waals surface area contributed by atoms with Crippen LogP contribution in [0, 0.1) is 0 Å². The zero-order valence-electron chi connectivity index (χ0n) is 11.8. The molecule has 4 nitrogen and oxygen atoms in total. The highest BCUT2D eigenvalue weighted by Crippen LogP contribution is 2.43. The van der Waals surface area contributed by atoms with Gasteiger partial charge in [0.25, 0.3) is 0 Å². The van der Waals surface area contributed by atoms with E-state index in [0.717, 1.165) is 63.8 Å². The Kier molecular flexibility index (Phi) is 5.10. The quantitative estimate of drug-likeness (QED) is 0.581. The minimum absolute atomic E-state index is 0. The van der Waals surface area contributed by atoms with Gasteiger partial charge in [0.2, 0.25) is 5.95 Å². The third-order valence-corrected chi connectivity index (χ3v) is 7.82. The third kappa shape index (κ3) is 2.62. The maximum Gasteiger partial charge on any atom is 0.204 e. The Morgan fingerprint density at radius 1 is 1.18 bits per heavy atom. The summed E-state index contributed by atoms with van der Waals surface area (Å²) in [4.78, 5) is 4.88. The Bertz CT molecular complexity index is 725. The second kappa shape index (κ2) is 6.59. The number of imidazole rings is 1. The van der Waals surface area contributed by atoms with Crippen molar-refractivity contribution in [1.82, 2.24) is 14.9 Å². The average molecular weight is 515 g/mol. The van der Waals surface area contributed by atoms with Crippen molar-refractivity contribution in [3.05, 3.63) is 19.0 Å². The van der Waals surface area contributed by atoms with Gasteiger partial charge in [0.15, 0.2) is 0 Å². The summed E-state index contributed by atoms with van der Waals surface area (Å²) in [6, 6.07) is 0.481. The number of nitrogens with one attached hydrogen (secondary N) is 2. The summed E-state index contributed by atoms with van der Waals surface area (Å²) in [6.07, 6.45) is 3.41. The van der Waals surface area contributed by atoms with E-state index < -0.39 is 0 Å². The molecule has 2 N–H and O–H groups in total. The van der Waals surface area contributed by atoms with Crippen LogP contribution in [0.3, 0.4) is 0 Å². The van der Waals surface area contributed by atoms with Gasteiger partial charge in [-0.1, -0.05) is 0 Å². The highest BCUT2D eigenvalue weighted by atomic mass is 79.9. The first-order valence-corrected chi connectivity index (χ1v) is 9.57. The first kappa shape index (κ1) is 17.0. The Morgan fingerprint density at radius 3 is 2.73 bits per heavy atom. The van der Waals surface area contributed by atoms with Gasteiger partial charge in [-0.05, 0) is 79.2 Å². The van der Waals surface area contributed by atoms with Gasteiger partial charge in [-0.3, -0.25) is 0 Å². The van der Waals surface area contributed by atoms with E-state index in [1.54, 1.807) is 0 Å². The fourth-order valence-electron chi connectivity index (χ4n) is 3.28. The van der Waals surface area contributed by atoms with Gasteiger partial charge < -0.3 is 15.2 Å². The SMILES string of the molecule is Brc1c(Br)c2c3c(nc(N[C@@H]4CCNC4)n3CCC2)c1Br.Cl. The molecule has 0 radical (unpaired) electrons. The minimum Gasteiger partial charge on any atom is -0.352 e. The Balaban J connectivity index is 0.00000144. The number of nitrogens with zero attached hydrogens (tertiary/aromatic N) is 2. The first-order chi connectivity index (χ1) is 10.2. The first-order valence-electron chi connectivity index (χ1n) is 7.19. The van der Waals surface area contributed by atoms with Gasteiger partial charge in [-0.25, -0.2) is 4.98 Å². The smallest absolute Gasteiger partial charge is 0.204 e. The lowest BCUT2D eigenvalue weighted by Crippen LogP contribution is -2.24. The summed E-state index contributed by atoms with van der Waals surface area (Å²) < 4.78 is 5.58. The Hall–Kier alpha value is 0.180. The predicted molar refractivity (Wildman–Crippen MR) is 103 cm³/mol. The number of anilines is 1. The van der Waals surface area contributed by atoms with Crippen molar-refractivity contribution in [3.63, 3.8) is 0 Å². The molecule has 4 rings (SSSR count). The van der Waals surface area contributed by atoms with Crippen LogP contribution in [0.25, 0.3) is 11.0 Å². The summed E-state index contributed by atoms with van der Waals surface area (Å²) in [5, 5.41) is 7.01. The predicted octanol–water partition coefficient (Wildman–Crippen LogP) is 4.47. The van der Waals surface area contributed by atoms with Crippen LogP contribution in [0.15, 0.2) is 13.4 Å². The van der Waals surface area contributed by atoms with Crippen molar-refractivity contribution < 1.29 is 0 Å². The van der Waals surface area contributed by atoms with E-state index >= 15 is 0 Å². The summed E-state index contributed by atoms with van der Waals surface area (Å²) in [5.74, 6) is 1.00. The van der Waals surface area contributed by atoms with Gasteiger partial charge in [0.1, 0.15) is 5.52 Å². The second-order valence-electron chi connectivity index (χ2n) is 5.64. The fourth-order valence-corrected chi connectivity index (χ4v) is 5.03. The fraction of sp³-hybridized carbons (Fsp3) is 0.500. The molecule has 0 spiro atoms. The van der Waals surface area contributed by atoms with E-state index in [1.165, 1.54) is 11.1 Å². The maximum atomic E-state index is 4.88. The molecular weight excluding hydrogens is 499 g/mol. The monoisotopic (exact) mass is 512 g/mol. The number of rotatable bonds is 2. The molecule has 0 unspecified atom stereocenters. The van der Waals surface area contributed by atoms with Crippen LogP contribution < -0.4 is 10.6 Å². The van der Waals surface area contributed by atoms with Crippen molar-refractivity contribution in [1.29, 1.82) is 0 Å². The molecule has 1 aromatic carbocycles. The lowest BCUT2D eigenvalue weighted by molar-refractivity contribution is 0.627. The highest BCUT2D eigenvalue weighted by Gasteiger charge is 2.26. The summed E-state index contributed by atoms with van der Waals surface area (Å²) in [6.45, 7) is 3.14. The summed E-state index contributed by atoms with van der Waals surface area (Å²) in [7, 11) is 0. The van der Waals surface area contributed by atoms with Crippen LogP contribution in [0.1, 0.15) is 18.4 Å². The molecule has 0 aliphatic carbocycles. The van der Waals surface area contributed by atoms with Crippen molar-refractivity contribution in [2.75, 3.05) is 18.4 Å². The molecule has 2 aliphatic heterocycles. The molecule has 22 heavy (non-hydrogen) atoms. The van der Waals surface area contributed by atoms with E-state index in [2.05, 4.69) is 63.0 Å². The van der Waals surface area contributed by atoms with Crippen LogP contribution in [0.2, 0.25) is 0 Å². The van der Waals surface area contributed by atoms with Crippen molar-refractivity contribution in [2.24, 2.45) is 0 Å². The molecule has 0 saturated carbocycles. The zero-order chi connectivity index (χ0) is 14.6. The molecule has 1 aromatic heterocycles. The van der Waals surface area contributed by atoms with E-state index in [9.17, 15) is 0 Å². The number of benzene rings is 1. The van der Waals surface area contributed by atoms with Crippen LogP contribution in [-0.2, 0) is 13.0 Å². The van der Waals surface area contributed by atoms with Crippen LogP contribution in [0.4, 0.5) is 5.95 Å². The molecule has 2 aliphatic rings. The van der Waals surface area contributed by atoms with E-state index in [-0.39, 0.29) is 12.4 Å². The van der Waals surface area contributed by atoms with Gasteiger partial charge in [-0.15, -0.1) is 12.4 Å². The average Bonchev–Trinajstić information content (AvgIpc) is 3.12. The highest BCUT2D eigenvalue weighted by molar-refractivity contribution is 9.14. The van der Waals surface area contributed by atoms with Crippen molar-refractivity contribution in [2.45, 2.75) is 31.8 Å². The van der Waals surface area contributed by atoms with E-state index in [0.29, 0.717) is 6.04 Å². The van der Waals surface area contributed by atoms with E-state index in [4.69, 9.17) is 4.98 Å². The molecule has 1 fully saturated rings.